The van der Waals surface area contributed by atoms with Gasteiger partial charge in [0, 0.05) is 29.8 Å². The summed E-state index contributed by atoms with van der Waals surface area (Å²) in [5.41, 5.74) is 4.23. The van der Waals surface area contributed by atoms with Crippen LogP contribution >= 0.6 is 0 Å². The molecule has 22 heavy (non-hydrogen) atoms. The van der Waals surface area contributed by atoms with Gasteiger partial charge in [-0.15, -0.1) is 0 Å². The van der Waals surface area contributed by atoms with Crippen molar-refractivity contribution in [2.75, 3.05) is 5.32 Å². The second-order valence-electron chi connectivity index (χ2n) is 5.29. The fraction of sp³-hybridized carbons (Fsp3) is 0.167. The van der Waals surface area contributed by atoms with Gasteiger partial charge in [-0.05, 0) is 42.3 Å². The van der Waals surface area contributed by atoms with E-state index in [9.17, 15) is 5.11 Å². The molecule has 1 aromatic heterocycles. The smallest absolute Gasteiger partial charge is 0.0991 e. The molecule has 112 valence electrons. The van der Waals surface area contributed by atoms with E-state index in [1.54, 1.807) is 12.5 Å². The number of aliphatic hydroxyl groups excluding tert-OH is 1. The number of anilines is 1. The molecular weight excluding hydrogens is 274 g/mol. The molecule has 4 heteroatoms. The quantitative estimate of drug-likeness (QED) is 0.756. The third-order valence-corrected chi connectivity index (χ3v) is 3.69. The maximum absolute atomic E-state index is 9.23. The molecule has 0 aliphatic rings. The van der Waals surface area contributed by atoms with Gasteiger partial charge in [0.2, 0.25) is 0 Å². The normalized spacial score (nSPS) is 12.1. The van der Waals surface area contributed by atoms with Crippen molar-refractivity contribution in [3.05, 3.63) is 78.4 Å². The average molecular weight is 293 g/mol. The molecule has 3 rings (SSSR count). The molecule has 3 aromatic rings. The van der Waals surface area contributed by atoms with Crippen LogP contribution in [-0.2, 0) is 6.61 Å². The minimum absolute atomic E-state index is 0.0696. The highest BCUT2D eigenvalue weighted by Gasteiger charge is 2.06. The highest BCUT2D eigenvalue weighted by molar-refractivity contribution is 5.50. The van der Waals surface area contributed by atoms with E-state index in [1.807, 2.05) is 29.0 Å². The van der Waals surface area contributed by atoms with Crippen LogP contribution in [0.15, 0.2) is 67.3 Å². The molecule has 0 saturated heterocycles. The van der Waals surface area contributed by atoms with E-state index >= 15 is 0 Å². The van der Waals surface area contributed by atoms with Gasteiger partial charge in [0.15, 0.2) is 0 Å². The van der Waals surface area contributed by atoms with Crippen molar-refractivity contribution in [3.8, 4) is 5.69 Å². The zero-order valence-electron chi connectivity index (χ0n) is 12.5. The molecule has 2 N–H and O–H groups in total. The zero-order valence-corrected chi connectivity index (χ0v) is 12.5. The average Bonchev–Trinajstić information content (AvgIpc) is 3.10. The summed E-state index contributed by atoms with van der Waals surface area (Å²) in [6.07, 6.45) is 5.47. The number of imidazole rings is 1. The van der Waals surface area contributed by atoms with Crippen LogP contribution in [-0.4, -0.2) is 14.7 Å². The first-order chi connectivity index (χ1) is 10.8. The van der Waals surface area contributed by atoms with Crippen LogP contribution in [0, 0.1) is 0 Å². The van der Waals surface area contributed by atoms with Crippen LogP contribution in [0.25, 0.3) is 5.69 Å². The molecule has 4 nitrogen and oxygen atoms in total. The van der Waals surface area contributed by atoms with Crippen molar-refractivity contribution in [2.24, 2.45) is 0 Å². The predicted octanol–water partition coefficient (Wildman–Crippen LogP) is 3.54. The third-order valence-electron chi connectivity index (χ3n) is 3.69. The molecule has 0 fully saturated rings. The second kappa shape index (κ2) is 6.45. The van der Waals surface area contributed by atoms with Crippen LogP contribution in [0.2, 0.25) is 0 Å². The molecule has 0 bridgehead atoms. The van der Waals surface area contributed by atoms with E-state index in [0.29, 0.717) is 0 Å². The summed E-state index contributed by atoms with van der Waals surface area (Å²) in [5, 5.41) is 12.7. The van der Waals surface area contributed by atoms with Crippen molar-refractivity contribution in [3.63, 3.8) is 0 Å². The molecule has 1 atom stereocenters. The van der Waals surface area contributed by atoms with E-state index in [0.717, 1.165) is 22.5 Å². The Hall–Kier alpha value is -2.59. The summed E-state index contributed by atoms with van der Waals surface area (Å²) in [6.45, 7) is 2.18. The highest BCUT2D eigenvalue weighted by atomic mass is 16.3. The van der Waals surface area contributed by atoms with E-state index in [-0.39, 0.29) is 12.6 Å². The Balaban J connectivity index is 1.72. The molecule has 0 radical (unpaired) electrons. The number of rotatable bonds is 5. The Bertz CT molecular complexity index is 720. The van der Waals surface area contributed by atoms with Gasteiger partial charge in [0.05, 0.1) is 12.9 Å². The highest BCUT2D eigenvalue weighted by Crippen LogP contribution is 2.21. The molecule has 0 aliphatic heterocycles. The third kappa shape index (κ3) is 3.18. The fourth-order valence-electron chi connectivity index (χ4n) is 2.44. The number of hydrogen-bond donors (Lipinski definition) is 2. The van der Waals surface area contributed by atoms with Crippen LogP contribution < -0.4 is 5.32 Å². The maximum Gasteiger partial charge on any atom is 0.0991 e. The number of nitrogens with one attached hydrogen (secondary N) is 1. The summed E-state index contributed by atoms with van der Waals surface area (Å²) in [7, 11) is 0. The standard InChI is InChI=1S/C18H19N3O/c1-14(16-4-2-3-15(11-16)12-22)20-17-5-7-18(8-6-17)21-10-9-19-13-21/h2-11,13-14,20,22H,12H2,1H3. The first-order valence-electron chi connectivity index (χ1n) is 7.31. The first kappa shape index (κ1) is 14.4. The lowest BCUT2D eigenvalue weighted by Gasteiger charge is -2.17. The topological polar surface area (TPSA) is 50.1 Å². The van der Waals surface area contributed by atoms with Crippen molar-refractivity contribution in [1.82, 2.24) is 9.55 Å². The molecule has 0 saturated carbocycles. The van der Waals surface area contributed by atoms with Gasteiger partial charge in [0.1, 0.15) is 0 Å². The molecule has 0 spiro atoms. The van der Waals surface area contributed by atoms with E-state index in [1.165, 1.54) is 0 Å². The Labute approximate surface area is 130 Å². The van der Waals surface area contributed by atoms with Gasteiger partial charge < -0.3 is 15.0 Å². The van der Waals surface area contributed by atoms with Crippen molar-refractivity contribution in [2.45, 2.75) is 19.6 Å². The van der Waals surface area contributed by atoms with Gasteiger partial charge in [0.25, 0.3) is 0 Å². The lowest BCUT2D eigenvalue weighted by molar-refractivity contribution is 0.281. The summed E-state index contributed by atoms with van der Waals surface area (Å²) in [4.78, 5) is 4.05. The first-order valence-corrected chi connectivity index (χ1v) is 7.31. The monoisotopic (exact) mass is 293 g/mol. The lowest BCUT2D eigenvalue weighted by Crippen LogP contribution is -2.07. The van der Waals surface area contributed by atoms with Crippen molar-refractivity contribution < 1.29 is 5.11 Å². The zero-order chi connectivity index (χ0) is 15.4. The van der Waals surface area contributed by atoms with Crippen LogP contribution in [0.1, 0.15) is 24.1 Å². The molecule has 2 aromatic carbocycles. The molecule has 1 unspecified atom stereocenters. The minimum atomic E-state index is 0.0696. The van der Waals surface area contributed by atoms with Gasteiger partial charge in [-0.25, -0.2) is 4.98 Å². The van der Waals surface area contributed by atoms with Gasteiger partial charge in [-0.2, -0.15) is 0 Å². The van der Waals surface area contributed by atoms with E-state index in [2.05, 4.69) is 47.6 Å². The summed E-state index contributed by atoms with van der Waals surface area (Å²) in [5.74, 6) is 0. The predicted molar refractivity (Wildman–Crippen MR) is 88.0 cm³/mol. The number of aliphatic hydroxyl groups is 1. The SMILES string of the molecule is CC(Nc1ccc(-n2ccnc2)cc1)c1cccc(CO)c1. The molecule has 1 heterocycles. The number of aromatic nitrogens is 2. The number of benzene rings is 2. The molecular formula is C18H19N3O. The van der Waals surface area contributed by atoms with Gasteiger partial charge in [-0.1, -0.05) is 24.3 Å². The van der Waals surface area contributed by atoms with E-state index in [4.69, 9.17) is 0 Å². The number of hydrogen-bond acceptors (Lipinski definition) is 3. The van der Waals surface area contributed by atoms with Gasteiger partial charge >= 0.3 is 0 Å². The largest absolute Gasteiger partial charge is 0.392 e. The summed E-state index contributed by atoms with van der Waals surface area (Å²) in [6, 6.07) is 16.4. The van der Waals surface area contributed by atoms with Crippen LogP contribution in [0.3, 0.4) is 0 Å². The number of nitrogens with zero attached hydrogens (tertiary/aromatic N) is 2. The van der Waals surface area contributed by atoms with Crippen LogP contribution in [0.5, 0.6) is 0 Å². The second-order valence-corrected chi connectivity index (χ2v) is 5.29. The molecule has 0 aliphatic carbocycles. The maximum atomic E-state index is 9.23. The van der Waals surface area contributed by atoms with Crippen molar-refractivity contribution in [1.29, 1.82) is 0 Å². The Morgan fingerprint density at radius 3 is 2.68 bits per heavy atom. The minimum Gasteiger partial charge on any atom is -0.392 e. The summed E-state index contributed by atoms with van der Waals surface area (Å²) < 4.78 is 1.97. The Morgan fingerprint density at radius 2 is 2.00 bits per heavy atom. The lowest BCUT2D eigenvalue weighted by atomic mass is 10.1. The van der Waals surface area contributed by atoms with E-state index < -0.39 is 0 Å². The Kier molecular flexibility index (Phi) is 4.21. The van der Waals surface area contributed by atoms with Gasteiger partial charge in [-0.3, -0.25) is 0 Å². The molecule has 0 amide bonds. The van der Waals surface area contributed by atoms with Crippen LogP contribution in [0.4, 0.5) is 5.69 Å². The Morgan fingerprint density at radius 1 is 1.18 bits per heavy atom. The fourth-order valence-corrected chi connectivity index (χ4v) is 2.44. The van der Waals surface area contributed by atoms with Crippen molar-refractivity contribution >= 4 is 5.69 Å². The summed E-state index contributed by atoms with van der Waals surface area (Å²) >= 11 is 0.